The zero-order valence-corrected chi connectivity index (χ0v) is 21.3. The van der Waals surface area contributed by atoms with Crippen LogP contribution in [0.4, 0.5) is 18.9 Å². The molecule has 38 heavy (non-hydrogen) atoms. The van der Waals surface area contributed by atoms with Crippen LogP contribution in [0.15, 0.2) is 77.7 Å². The molecule has 0 aliphatic carbocycles. The molecule has 0 saturated carbocycles. The van der Waals surface area contributed by atoms with Crippen molar-refractivity contribution in [3.63, 3.8) is 0 Å². The molecule has 0 fully saturated rings. The molecule has 0 bridgehead atoms. The number of nitrogens with zero attached hydrogens (tertiary/aromatic N) is 1. The van der Waals surface area contributed by atoms with Crippen molar-refractivity contribution in [2.75, 3.05) is 17.2 Å². The summed E-state index contributed by atoms with van der Waals surface area (Å²) in [5.74, 6) is -1.57. The summed E-state index contributed by atoms with van der Waals surface area (Å²) in [5, 5.41) is 15.9. The molecule has 6 nitrogen and oxygen atoms in total. The number of alkyl halides is 3. The number of carboxylic acids is 2. The summed E-state index contributed by atoms with van der Waals surface area (Å²) in [6.07, 6.45) is -3.20. The molecule has 0 saturated heterocycles. The Balaban J connectivity index is 0.000000505. The third-order valence-corrected chi connectivity index (χ3v) is 6.78. The first-order valence-corrected chi connectivity index (χ1v) is 12.9. The van der Waals surface area contributed by atoms with Crippen LogP contribution < -0.4 is 9.64 Å². The zero-order chi connectivity index (χ0) is 27.5. The van der Waals surface area contributed by atoms with E-state index >= 15 is 0 Å². The van der Waals surface area contributed by atoms with Gasteiger partial charge in [0.05, 0.1) is 5.69 Å². The summed E-state index contributed by atoms with van der Waals surface area (Å²) in [4.78, 5) is 23.4. The summed E-state index contributed by atoms with van der Waals surface area (Å²) in [6, 6.07) is 25.0. The topological polar surface area (TPSA) is 87.1 Å². The monoisotopic (exact) mass is 547 g/mol. The highest BCUT2D eigenvalue weighted by molar-refractivity contribution is 7.99. The number of thioether (sulfide) groups is 1. The summed E-state index contributed by atoms with van der Waals surface area (Å²) in [6.45, 7) is 2.51. The van der Waals surface area contributed by atoms with E-state index in [4.69, 9.17) is 19.7 Å². The lowest BCUT2D eigenvalue weighted by molar-refractivity contribution is -0.192. The number of carboxylic acid groups (broad SMARTS) is 2. The van der Waals surface area contributed by atoms with Gasteiger partial charge in [-0.2, -0.15) is 13.2 Å². The van der Waals surface area contributed by atoms with E-state index < -0.39 is 18.1 Å². The van der Waals surface area contributed by atoms with Gasteiger partial charge >= 0.3 is 18.1 Å². The molecular weight excluding hydrogens is 519 g/mol. The molecule has 1 heterocycles. The Morgan fingerprint density at radius 1 is 0.895 bits per heavy atom. The van der Waals surface area contributed by atoms with Gasteiger partial charge in [-0.3, -0.25) is 4.79 Å². The summed E-state index contributed by atoms with van der Waals surface area (Å²) in [7, 11) is 0. The number of hydrogen-bond donors (Lipinski definition) is 2. The lowest BCUT2D eigenvalue weighted by Gasteiger charge is -2.24. The van der Waals surface area contributed by atoms with Crippen LogP contribution in [-0.4, -0.2) is 40.6 Å². The van der Waals surface area contributed by atoms with Crippen LogP contribution in [0.3, 0.4) is 0 Å². The Hall–Kier alpha value is -3.66. The lowest BCUT2D eigenvalue weighted by Crippen LogP contribution is -2.23. The Labute approximate surface area is 223 Å². The highest BCUT2D eigenvalue weighted by Gasteiger charge is 2.38. The fourth-order valence-electron chi connectivity index (χ4n) is 3.69. The minimum atomic E-state index is -5.08. The number of anilines is 1. The van der Waals surface area contributed by atoms with Crippen LogP contribution in [0.25, 0.3) is 0 Å². The molecule has 0 atom stereocenters. The smallest absolute Gasteiger partial charge is 0.489 e. The number of ether oxygens (including phenoxy) is 1. The molecule has 0 radical (unpaired) electrons. The predicted octanol–water partition coefficient (Wildman–Crippen LogP) is 6.42. The van der Waals surface area contributed by atoms with Crippen LogP contribution in [0.5, 0.6) is 5.75 Å². The van der Waals surface area contributed by atoms with Crippen molar-refractivity contribution in [2.45, 2.75) is 43.5 Å². The number of benzene rings is 3. The molecule has 1 aliphatic rings. The van der Waals surface area contributed by atoms with Crippen molar-refractivity contribution in [1.82, 2.24) is 0 Å². The van der Waals surface area contributed by atoms with E-state index in [0.717, 1.165) is 30.0 Å². The molecule has 0 amide bonds. The molecular formula is C28H28F3NO5S. The van der Waals surface area contributed by atoms with E-state index in [0.29, 0.717) is 13.0 Å². The van der Waals surface area contributed by atoms with Crippen molar-refractivity contribution >= 4 is 29.4 Å². The van der Waals surface area contributed by atoms with Crippen molar-refractivity contribution < 1.29 is 37.7 Å². The van der Waals surface area contributed by atoms with Gasteiger partial charge in [0.25, 0.3) is 0 Å². The first-order chi connectivity index (χ1) is 18.1. The number of rotatable bonds is 8. The van der Waals surface area contributed by atoms with Crippen LogP contribution in [0, 0.1) is 0 Å². The van der Waals surface area contributed by atoms with E-state index in [9.17, 15) is 18.0 Å². The van der Waals surface area contributed by atoms with E-state index in [2.05, 4.69) is 53.4 Å². The standard InChI is InChI=1S/C26H27NO3S.C2HF3O2/c28-26(29)15-12-20-10-13-23(14-11-20)30-19-22-8-6-21(7-9-22)18-27-16-3-17-31-25-5-2-1-4-24(25)27;3-2(4,5)1(6)7/h1-2,4-11,13-14H,3,12,15-19H2,(H,28,29);(H,6,7). The molecule has 10 heteroatoms. The van der Waals surface area contributed by atoms with Gasteiger partial charge in [0.1, 0.15) is 12.4 Å². The number of aliphatic carboxylic acids is 2. The van der Waals surface area contributed by atoms with Crippen LogP contribution in [0.1, 0.15) is 29.5 Å². The molecule has 3 aromatic rings. The number of para-hydroxylation sites is 1. The zero-order valence-electron chi connectivity index (χ0n) is 20.5. The van der Waals surface area contributed by atoms with E-state index in [-0.39, 0.29) is 6.42 Å². The third kappa shape index (κ3) is 9.33. The van der Waals surface area contributed by atoms with Gasteiger partial charge in [0.2, 0.25) is 0 Å². The van der Waals surface area contributed by atoms with Crippen LogP contribution in [0.2, 0.25) is 0 Å². The molecule has 0 aromatic heterocycles. The number of halogens is 3. The van der Waals surface area contributed by atoms with Gasteiger partial charge in [-0.25, -0.2) is 4.79 Å². The Kier molecular flexibility index (Phi) is 10.5. The second-order valence-electron chi connectivity index (χ2n) is 8.54. The van der Waals surface area contributed by atoms with Crippen molar-refractivity contribution in [1.29, 1.82) is 0 Å². The van der Waals surface area contributed by atoms with Gasteiger partial charge in [0.15, 0.2) is 0 Å². The Bertz CT molecular complexity index is 1200. The maximum absolute atomic E-state index is 10.7. The largest absolute Gasteiger partial charge is 0.490 e. The van der Waals surface area contributed by atoms with E-state index in [1.807, 2.05) is 36.0 Å². The minimum Gasteiger partial charge on any atom is -0.489 e. The summed E-state index contributed by atoms with van der Waals surface area (Å²) < 4.78 is 37.6. The molecule has 0 unspecified atom stereocenters. The lowest BCUT2D eigenvalue weighted by atomic mass is 10.1. The van der Waals surface area contributed by atoms with Gasteiger partial charge in [-0.05, 0) is 59.6 Å². The fraction of sp³-hybridized carbons (Fsp3) is 0.286. The summed E-state index contributed by atoms with van der Waals surface area (Å²) in [5.41, 5.74) is 4.77. The van der Waals surface area contributed by atoms with Crippen LogP contribution >= 0.6 is 11.8 Å². The SMILES string of the molecule is O=C(O)C(F)(F)F.O=C(O)CCc1ccc(OCc2ccc(CN3CCCSc4ccccc43)cc2)cc1. The number of aryl methyl sites for hydroxylation is 1. The number of carbonyl (C=O) groups is 2. The average molecular weight is 548 g/mol. The Morgan fingerprint density at radius 2 is 1.50 bits per heavy atom. The molecule has 3 aromatic carbocycles. The highest BCUT2D eigenvalue weighted by Crippen LogP contribution is 2.34. The third-order valence-electron chi connectivity index (χ3n) is 5.63. The minimum absolute atomic E-state index is 0.147. The molecule has 1 aliphatic heterocycles. The Morgan fingerprint density at radius 3 is 2.13 bits per heavy atom. The van der Waals surface area contributed by atoms with Gasteiger partial charge in [0, 0.05) is 24.4 Å². The maximum atomic E-state index is 10.7. The molecule has 4 rings (SSSR count). The van der Waals surface area contributed by atoms with Crippen molar-refractivity contribution in [3.8, 4) is 5.75 Å². The first kappa shape index (κ1) is 28.9. The highest BCUT2D eigenvalue weighted by atomic mass is 32.2. The maximum Gasteiger partial charge on any atom is 0.490 e. The quantitative estimate of drug-likeness (QED) is 0.337. The number of fused-ring (bicyclic) bond motifs is 1. The molecule has 2 N–H and O–H groups in total. The average Bonchev–Trinajstić information content (AvgIpc) is 3.10. The normalized spacial score (nSPS) is 13.0. The second-order valence-corrected chi connectivity index (χ2v) is 9.67. The predicted molar refractivity (Wildman–Crippen MR) is 140 cm³/mol. The second kappa shape index (κ2) is 13.8. The first-order valence-electron chi connectivity index (χ1n) is 11.9. The fourth-order valence-corrected chi connectivity index (χ4v) is 4.71. The van der Waals surface area contributed by atoms with Gasteiger partial charge in [-0.15, -0.1) is 11.8 Å². The van der Waals surface area contributed by atoms with E-state index in [1.165, 1.54) is 28.3 Å². The molecule has 202 valence electrons. The van der Waals surface area contributed by atoms with Gasteiger partial charge < -0.3 is 19.8 Å². The van der Waals surface area contributed by atoms with Crippen LogP contribution in [-0.2, 0) is 29.2 Å². The van der Waals surface area contributed by atoms with E-state index in [1.54, 1.807) is 0 Å². The number of hydrogen-bond acceptors (Lipinski definition) is 5. The van der Waals surface area contributed by atoms with Gasteiger partial charge in [-0.1, -0.05) is 48.5 Å². The molecule has 0 spiro atoms. The summed E-state index contributed by atoms with van der Waals surface area (Å²) >= 11 is 1.95. The van der Waals surface area contributed by atoms with Crippen molar-refractivity contribution in [2.24, 2.45) is 0 Å². The van der Waals surface area contributed by atoms with Crippen molar-refractivity contribution in [3.05, 3.63) is 89.5 Å².